The van der Waals surface area contributed by atoms with Crippen molar-refractivity contribution in [1.29, 1.82) is 0 Å². The van der Waals surface area contributed by atoms with Crippen molar-refractivity contribution >= 4 is 39.1 Å². The molecule has 2 amide bonds. The molecule has 1 N–H and O–H groups in total. The van der Waals surface area contributed by atoms with Gasteiger partial charge in [0.05, 0.1) is 22.7 Å². The van der Waals surface area contributed by atoms with Gasteiger partial charge in [0.15, 0.2) is 0 Å². The summed E-state index contributed by atoms with van der Waals surface area (Å²) >= 11 is 6.36. The van der Waals surface area contributed by atoms with E-state index in [2.05, 4.69) is 5.32 Å². The molecule has 0 radical (unpaired) electrons. The maximum atomic E-state index is 14.0. The van der Waals surface area contributed by atoms with E-state index in [0.29, 0.717) is 18.7 Å². The molecule has 3 aromatic rings. The normalized spacial score (nSPS) is 12.1. The van der Waals surface area contributed by atoms with Crippen molar-refractivity contribution in [2.45, 2.75) is 44.7 Å². The van der Waals surface area contributed by atoms with Crippen molar-refractivity contribution in [2.24, 2.45) is 5.92 Å². The summed E-state index contributed by atoms with van der Waals surface area (Å²) in [5.41, 5.74) is 1.01. The van der Waals surface area contributed by atoms with E-state index in [9.17, 15) is 18.0 Å². The first kappa shape index (κ1) is 31.0. The molecular weight excluding hydrogens is 550 g/mol. The minimum absolute atomic E-state index is 0.0195. The number of carbonyl (C=O) groups is 2. The Morgan fingerprint density at radius 3 is 2.15 bits per heavy atom. The first-order valence-corrected chi connectivity index (χ1v) is 14.9. The van der Waals surface area contributed by atoms with Gasteiger partial charge in [-0.3, -0.25) is 13.9 Å². The Kier molecular flexibility index (Phi) is 11.0. The van der Waals surface area contributed by atoms with Crippen LogP contribution < -0.4 is 14.4 Å². The number of amides is 2. The number of methoxy groups -OCH3 is 1. The standard InChI is InChI=1S/C30H36ClN3O5S/c1-5-27(30(36)32-19-22(2)3)33(20-23-12-8-6-9-13-23)29(35)21-34(24-16-17-28(39-4)26(31)18-24)40(37,38)25-14-10-7-11-15-25/h6-18,22,27H,5,19-21H2,1-4H3,(H,32,36)/t27-/m1/s1. The van der Waals surface area contributed by atoms with Crippen LogP contribution >= 0.6 is 11.6 Å². The van der Waals surface area contributed by atoms with Crippen LogP contribution in [0.4, 0.5) is 5.69 Å². The maximum Gasteiger partial charge on any atom is 0.264 e. The Bertz CT molecular complexity index is 1380. The first-order chi connectivity index (χ1) is 19.1. The lowest BCUT2D eigenvalue weighted by Gasteiger charge is -2.33. The molecule has 214 valence electrons. The minimum atomic E-state index is -4.18. The van der Waals surface area contributed by atoms with Crippen LogP contribution in [0, 0.1) is 5.92 Å². The van der Waals surface area contributed by atoms with Gasteiger partial charge in [-0.25, -0.2) is 8.42 Å². The SMILES string of the molecule is CC[C@H](C(=O)NCC(C)C)N(Cc1ccccc1)C(=O)CN(c1ccc(OC)c(Cl)c1)S(=O)(=O)c1ccccc1. The van der Waals surface area contributed by atoms with E-state index < -0.39 is 28.5 Å². The van der Waals surface area contributed by atoms with Gasteiger partial charge in [-0.15, -0.1) is 0 Å². The first-order valence-electron chi connectivity index (χ1n) is 13.1. The third-order valence-corrected chi connectivity index (χ3v) is 8.38. The molecule has 40 heavy (non-hydrogen) atoms. The Balaban J connectivity index is 2.05. The van der Waals surface area contributed by atoms with Crippen molar-refractivity contribution in [3.8, 4) is 5.75 Å². The fraction of sp³-hybridized carbons (Fsp3) is 0.333. The minimum Gasteiger partial charge on any atom is -0.495 e. The largest absolute Gasteiger partial charge is 0.495 e. The summed E-state index contributed by atoms with van der Waals surface area (Å²) in [6.45, 7) is 5.85. The van der Waals surface area contributed by atoms with Crippen molar-refractivity contribution in [2.75, 3.05) is 24.5 Å². The van der Waals surface area contributed by atoms with E-state index in [1.54, 1.807) is 24.3 Å². The Morgan fingerprint density at radius 2 is 1.60 bits per heavy atom. The van der Waals surface area contributed by atoms with Gasteiger partial charge in [0, 0.05) is 13.1 Å². The highest BCUT2D eigenvalue weighted by Gasteiger charge is 2.33. The Labute approximate surface area is 241 Å². The Hall–Kier alpha value is -3.56. The van der Waals surface area contributed by atoms with Crippen LogP contribution in [0.15, 0.2) is 83.8 Å². The zero-order valence-electron chi connectivity index (χ0n) is 23.2. The molecular formula is C30H36ClN3O5S. The van der Waals surface area contributed by atoms with E-state index in [1.807, 2.05) is 51.1 Å². The number of rotatable bonds is 13. The molecule has 10 heteroatoms. The van der Waals surface area contributed by atoms with Crippen LogP contribution in [0.2, 0.25) is 5.02 Å². The molecule has 0 saturated carbocycles. The summed E-state index contributed by atoms with van der Waals surface area (Å²) < 4.78 is 34.0. The fourth-order valence-electron chi connectivity index (χ4n) is 4.18. The number of benzene rings is 3. The van der Waals surface area contributed by atoms with Gasteiger partial charge in [0.25, 0.3) is 10.0 Å². The van der Waals surface area contributed by atoms with Crippen LogP contribution in [0.25, 0.3) is 0 Å². The number of halogens is 1. The molecule has 0 heterocycles. The molecule has 0 spiro atoms. The molecule has 0 saturated heterocycles. The predicted octanol–water partition coefficient (Wildman–Crippen LogP) is 5.12. The average molecular weight is 586 g/mol. The zero-order chi connectivity index (χ0) is 29.3. The van der Waals surface area contributed by atoms with Gasteiger partial charge in [0.1, 0.15) is 18.3 Å². The third-order valence-electron chi connectivity index (χ3n) is 6.30. The third kappa shape index (κ3) is 7.76. The van der Waals surface area contributed by atoms with Crippen LogP contribution in [-0.2, 0) is 26.2 Å². The highest BCUT2D eigenvalue weighted by molar-refractivity contribution is 7.92. The molecule has 3 rings (SSSR count). The number of anilines is 1. The Morgan fingerprint density at radius 1 is 0.975 bits per heavy atom. The molecule has 0 aromatic heterocycles. The topological polar surface area (TPSA) is 96.0 Å². The van der Waals surface area contributed by atoms with Crippen molar-refractivity contribution in [1.82, 2.24) is 10.2 Å². The number of carbonyl (C=O) groups excluding carboxylic acids is 2. The lowest BCUT2D eigenvalue weighted by Crippen LogP contribution is -2.52. The highest BCUT2D eigenvalue weighted by Crippen LogP contribution is 2.32. The summed E-state index contributed by atoms with van der Waals surface area (Å²) in [6, 6.07) is 20.9. The van der Waals surface area contributed by atoms with E-state index in [1.165, 1.54) is 36.3 Å². The molecule has 8 nitrogen and oxygen atoms in total. The zero-order valence-corrected chi connectivity index (χ0v) is 24.8. The summed E-state index contributed by atoms with van der Waals surface area (Å²) in [5.74, 6) is -0.217. The van der Waals surface area contributed by atoms with Gasteiger partial charge in [-0.05, 0) is 48.2 Å². The van der Waals surface area contributed by atoms with Gasteiger partial charge in [-0.1, -0.05) is 80.9 Å². The van der Waals surface area contributed by atoms with E-state index in [-0.39, 0.29) is 34.0 Å². The second kappa shape index (κ2) is 14.2. The number of nitrogens with one attached hydrogen (secondary N) is 1. The number of hydrogen-bond acceptors (Lipinski definition) is 5. The predicted molar refractivity (Wildman–Crippen MR) is 158 cm³/mol. The van der Waals surface area contributed by atoms with Crippen molar-refractivity contribution in [3.63, 3.8) is 0 Å². The van der Waals surface area contributed by atoms with Crippen LogP contribution in [-0.4, -0.2) is 51.4 Å². The maximum absolute atomic E-state index is 14.0. The van der Waals surface area contributed by atoms with Gasteiger partial charge in [0.2, 0.25) is 11.8 Å². The monoisotopic (exact) mass is 585 g/mol. The lowest BCUT2D eigenvalue weighted by atomic mass is 10.1. The fourth-order valence-corrected chi connectivity index (χ4v) is 5.86. The quantitative estimate of drug-likeness (QED) is 0.300. The summed E-state index contributed by atoms with van der Waals surface area (Å²) in [7, 11) is -2.72. The molecule has 0 bridgehead atoms. The molecule has 0 aliphatic carbocycles. The van der Waals surface area contributed by atoms with E-state index >= 15 is 0 Å². The molecule has 3 aromatic carbocycles. The molecule has 0 aliphatic heterocycles. The smallest absolute Gasteiger partial charge is 0.264 e. The van der Waals surface area contributed by atoms with Gasteiger partial charge in [-0.2, -0.15) is 0 Å². The summed E-state index contributed by atoms with van der Waals surface area (Å²) in [4.78, 5) is 28.7. The molecule has 0 unspecified atom stereocenters. The highest BCUT2D eigenvalue weighted by atomic mass is 35.5. The summed E-state index contributed by atoms with van der Waals surface area (Å²) in [5, 5.41) is 3.12. The molecule has 1 atom stereocenters. The second-order valence-corrected chi connectivity index (χ2v) is 12.0. The van der Waals surface area contributed by atoms with Crippen LogP contribution in [0.3, 0.4) is 0 Å². The summed E-state index contributed by atoms with van der Waals surface area (Å²) in [6.07, 6.45) is 0.350. The number of sulfonamides is 1. The number of hydrogen-bond donors (Lipinski definition) is 1. The van der Waals surface area contributed by atoms with E-state index in [0.717, 1.165) is 9.87 Å². The average Bonchev–Trinajstić information content (AvgIpc) is 2.95. The van der Waals surface area contributed by atoms with Crippen molar-refractivity contribution in [3.05, 3.63) is 89.4 Å². The van der Waals surface area contributed by atoms with E-state index in [4.69, 9.17) is 16.3 Å². The van der Waals surface area contributed by atoms with Crippen LogP contribution in [0.1, 0.15) is 32.8 Å². The van der Waals surface area contributed by atoms with Crippen LogP contribution in [0.5, 0.6) is 5.75 Å². The second-order valence-electron chi connectivity index (χ2n) is 9.71. The van der Waals surface area contributed by atoms with Crippen molar-refractivity contribution < 1.29 is 22.7 Å². The molecule has 0 fully saturated rings. The van der Waals surface area contributed by atoms with Gasteiger partial charge < -0.3 is 15.0 Å². The number of ether oxygens (including phenoxy) is 1. The number of nitrogens with zero attached hydrogens (tertiary/aromatic N) is 2. The van der Waals surface area contributed by atoms with Gasteiger partial charge >= 0.3 is 0 Å². The lowest BCUT2D eigenvalue weighted by molar-refractivity contribution is -0.140. The molecule has 0 aliphatic rings.